The Morgan fingerprint density at radius 3 is 2.52 bits per heavy atom. The smallest absolute Gasteiger partial charge is 0.326 e. The number of nitrogens with zero attached hydrogens (tertiary/aromatic N) is 1. The normalized spacial score (nSPS) is 10.9. The monoisotopic (exact) mass is 366 g/mol. The van der Waals surface area contributed by atoms with Crippen LogP contribution in [-0.2, 0) is 22.7 Å². The molecule has 6 heteroatoms. The lowest BCUT2D eigenvalue weighted by Crippen LogP contribution is -2.17. The highest BCUT2D eigenvalue weighted by molar-refractivity contribution is 6.06. The van der Waals surface area contributed by atoms with Crippen LogP contribution in [0.25, 0.3) is 10.9 Å². The van der Waals surface area contributed by atoms with Gasteiger partial charge in [0.25, 0.3) is 5.91 Å². The molecule has 0 atom stereocenters. The molecule has 140 valence electrons. The second-order valence-electron chi connectivity index (χ2n) is 6.53. The van der Waals surface area contributed by atoms with E-state index in [1.165, 1.54) is 0 Å². The maximum atomic E-state index is 12.0. The van der Waals surface area contributed by atoms with Crippen LogP contribution in [0.4, 0.5) is 0 Å². The topological polar surface area (TPSA) is 83.5 Å². The molecule has 0 fully saturated rings. The first-order valence-corrected chi connectivity index (χ1v) is 8.73. The Morgan fingerprint density at radius 2 is 1.85 bits per heavy atom. The van der Waals surface area contributed by atoms with Gasteiger partial charge in [-0.05, 0) is 37.6 Å². The highest BCUT2D eigenvalue weighted by Gasteiger charge is 2.16. The second kappa shape index (κ2) is 7.95. The summed E-state index contributed by atoms with van der Waals surface area (Å²) < 4.78 is 12.7. The molecule has 27 heavy (non-hydrogen) atoms. The van der Waals surface area contributed by atoms with Crippen LogP contribution in [-0.4, -0.2) is 22.5 Å². The minimum absolute atomic E-state index is 0.00613. The van der Waals surface area contributed by atoms with Crippen LogP contribution in [0.2, 0.25) is 0 Å². The molecule has 2 N–H and O–H groups in total. The number of aromatic nitrogens is 1. The van der Waals surface area contributed by atoms with E-state index in [2.05, 4.69) is 0 Å². The fourth-order valence-corrected chi connectivity index (χ4v) is 2.87. The van der Waals surface area contributed by atoms with Crippen LogP contribution in [0.5, 0.6) is 5.75 Å². The van der Waals surface area contributed by atoms with Crippen LogP contribution < -0.4 is 10.5 Å². The lowest BCUT2D eigenvalue weighted by atomic mass is 10.1. The standard InChI is InChI=1S/C21H22N2O4/c1-14(2)27-20(24)12-23-11-18(21(22)25)17-10-16(8-9-19(17)23)26-13-15-6-4-3-5-7-15/h3-11,14H,12-13H2,1-2H3,(H2,22,25). The van der Waals surface area contributed by atoms with Gasteiger partial charge in [-0.25, -0.2) is 0 Å². The Morgan fingerprint density at radius 1 is 1.11 bits per heavy atom. The number of fused-ring (bicyclic) bond motifs is 1. The third kappa shape index (κ3) is 4.47. The summed E-state index contributed by atoms with van der Waals surface area (Å²) in [5.41, 5.74) is 7.61. The third-order valence-corrected chi connectivity index (χ3v) is 4.03. The zero-order chi connectivity index (χ0) is 19.4. The number of carbonyl (C=O) groups is 2. The number of hydrogen-bond acceptors (Lipinski definition) is 4. The highest BCUT2D eigenvalue weighted by Crippen LogP contribution is 2.26. The molecule has 0 aliphatic heterocycles. The maximum absolute atomic E-state index is 12.0. The van der Waals surface area contributed by atoms with E-state index in [9.17, 15) is 9.59 Å². The zero-order valence-electron chi connectivity index (χ0n) is 15.3. The molecule has 0 radical (unpaired) electrons. The Kier molecular flexibility index (Phi) is 5.45. The first kappa shape index (κ1) is 18.5. The summed E-state index contributed by atoms with van der Waals surface area (Å²) >= 11 is 0. The van der Waals surface area contributed by atoms with Gasteiger partial charge in [0.2, 0.25) is 0 Å². The third-order valence-electron chi connectivity index (χ3n) is 4.03. The minimum atomic E-state index is -0.559. The van der Waals surface area contributed by atoms with E-state index in [1.54, 1.807) is 36.7 Å². The van der Waals surface area contributed by atoms with Gasteiger partial charge in [0, 0.05) is 17.1 Å². The summed E-state index contributed by atoms with van der Waals surface area (Å²) in [7, 11) is 0. The summed E-state index contributed by atoms with van der Waals surface area (Å²) in [4.78, 5) is 23.8. The van der Waals surface area contributed by atoms with Crippen molar-refractivity contribution < 1.29 is 19.1 Å². The number of ether oxygens (including phenoxy) is 2. The van der Waals surface area contributed by atoms with E-state index in [0.717, 1.165) is 11.1 Å². The number of carbonyl (C=O) groups excluding carboxylic acids is 2. The van der Waals surface area contributed by atoms with Crippen molar-refractivity contribution in [2.75, 3.05) is 0 Å². The van der Waals surface area contributed by atoms with Gasteiger partial charge in [-0.3, -0.25) is 9.59 Å². The molecule has 0 spiro atoms. The van der Waals surface area contributed by atoms with Crippen molar-refractivity contribution in [1.82, 2.24) is 4.57 Å². The summed E-state index contributed by atoms with van der Waals surface area (Å²) in [6.45, 7) is 4.00. The Bertz CT molecular complexity index is 961. The van der Waals surface area contributed by atoms with Crippen LogP contribution in [0.15, 0.2) is 54.7 Å². The average Bonchev–Trinajstić information content (AvgIpc) is 2.98. The van der Waals surface area contributed by atoms with Crippen molar-refractivity contribution in [3.05, 3.63) is 65.9 Å². The van der Waals surface area contributed by atoms with Gasteiger partial charge < -0.3 is 19.8 Å². The molecule has 2 aromatic carbocycles. The van der Waals surface area contributed by atoms with Crippen molar-refractivity contribution in [2.24, 2.45) is 5.73 Å². The van der Waals surface area contributed by atoms with Crippen LogP contribution in [0, 0.1) is 0 Å². The Labute approximate surface area is 157 Å². The average molecular weight is 366 g/mol. The first-order chi connectivity index (χ1) is 12.9. The fourth-order valence-electron chi connectivity index (χ4n) is 2.87. The molecule has 3 rings (SSSR count). The van der Waals surface area contributed by atoms with E-state index in [4.69, 9.17) is 15.2 Å². The molecule has 1 aromatic heterocycles. The van der Waals surface area contributed by atoms with E-state index in [1.807, 2.05) is 36.4 Å². The summed E-state index contributed by atoms with van der Waals surface area (Å²) in [5, 5.41) is 0.644. The van der Waals surface area contributed by atoms with Gasteiger partial charge in [0.05, 0.1) is 11.7 Å². The summed E-state index contributed by atoms with van der Waals surface area (Å²) in [5.74, 6) is -0.310. The Balaban J connectivity index is 1.87. The number of esters is 1. The van der Waals surface area contributed by atoms with Crippen molar-refractivity contribution in [1.29, 1.82) is 0 Å². The van der Waals surface area contributed by atoms with Crippen molar-refractivity contribution >= 4 is 22.8 Å². The molecule has 1 amide bonds. The van der Waals surface area contributed by atoms with Crippen LogP contribution >= 0.6 is 0 Å². The number of rotatable bonds is 7. The van der Waals surface area contributed by atoms with Crippen LogP contribution in [0.3, 0.4) is 0 Å². The van der Waals surface area contributed by atoms with Gasteiger partial charge in [0.1, 0.15) is 18.9 Å². The predicted molar refractivity (Wildman–Crippen MR) is 102 cm³/mol. The second-order valence-corrected chi connectivity index (χ2v) is 6.53. The molecule has 0 bridgehead atoms. The van der Waals surface area contributed by atoms with Gasteiger partial charge in [0.15, 0.2) is 0 Å². The van der Waals surface area contributed by atoms with Gasteiger partial charge >= 0.3 is 5.97 Å². The number of benzene rings is 2. The number of amides is 1. The van der Waals surface area contributed by atoms with E-state index >= 15 is 0 Å². The maximum Gasteiger partial charge on any atom is 0.326 e. The molecule has 0 saturated heterocycles. The molecule has 0 aliphatic rings. The summed E-state index contributed by atoms with van der Waals surface area (Å²) in [6.07, 6.45) is 1.38. The lowest BCUT2D eigenvalue weighted by Gasteiger charge is -2.10. The molecule has 0 aliphatic carbocycles. The van der Waals surface area contributed by atoms with Gasteiger partial charge in [-0.2, -0.15) is 0 Å². The predicted octanol–water partition coefficient (Wildman–Crippen LogP) is 3.27. The quantitative estimate of drug-likeness (QED) is 0.651. The fraction of sp³-hybridized carbons (Fsp3) is 0.238. The van der Waals surface area contributed by atoms with Crippen molar-refractivity contribution in [2.45, 2.75) is 33.1 Å². The molecule has 0 unspecified atom stereocenters. The van der Waals surface area contributed by atoms with Crippen molar-refractivity contribution in [3.63, 3.8) is 0 Å². The van der Waals surface area contributed by atoms with E-state index < -0.39 is 5.91 Å². The molecule has 6 nitrogen and oxygen atoms in total. The SMILES string of the molecule is CC(C)OC(=O)Cn1cc(C(N)=O)c2cc(OCc3ccccc3)ccc21. The number of hydrogen-bond donors (Lipinski definition) is 1. The number of nitrogens with two attached hydrogens (primary N) is 1. The molecular weight excluding hydrogens is 344 g/mol. The van der Waals surface area contributed by atoms with Crippen molar-refractivity contribution in [3.8, 4) is 5.75 Å². The van der Waals surface area contributed by atoms with Crippen LogP contribution in [0.1, 0.15) is 29.8 Å². The largest absolute Gasteiger partial charge is 0.489 e. The Hall–Kier alpha value is -3.28. The minimum Gasteiger partial charge on any atom is -0.489 e. The highest BCUT2D eigenvalue weighted by atomic mass is 16.5. The first-order valence-electron chi connectivity index (χ1n) is 8.73. The van der Waals surface area contributed by atoms with Gasteiger partial charge in [-0.15, -0.1) is 0 Å². The summed E-state index contributed by atoms with van der Waals surface area (Å²) in [6, 6.07) is 15.2. The molecule has 3 aromatic rings. The zero-order valence-corrected chi connectivity index (χ0v) is 15.3. The number of primary amides is 1. The molecular formula is C21H22N2O4. The van der Waals surface area contributed by atoms with Gasteiger partial charge in [-0.1, -0.05) is 30.3 Å². The lowest BCUT2D eigenvalue weighted by molar-refractivity contribution is -0.148. The molecule has 1 heterocycles. The van der Waals surface area contributed by atoms with E-state index in [0.29, 0.717) is 23.3 Å². The molecule has 0 saturated carbocycles. The van der Waals surface area contributed by atoms with E-state index in [-0.39, 0.29) is 18.6 Å².